The predicted octanol–water partition coefficient (Wildman–Crippen LogP) is 4.10. The minimum absolute atomic E-state index is 0. The summed E-state index contributed by atoms with van der Waals surface area (Å²) in [5, 5.41) is 23.5. The first-order valence-corrected chi connectivity index (χ1v) is 9.35. The van der Waals surface area contributed by atoms with Crippen LogP contribution in [0.25, 0.3) is 21.8 Å². The molecule has 2 heterocycles. The molecule has 0 atom stereocenters. The van der Waals surface area contributed by atoms with Crippen LogP contribution in [0.5, 0.6) is 11.5 Å². The normalized spacial score (nSPS) is 10.2. The Morgan fingerprint density at radius 1 is 0.741 bits per heavy atom. The largest absolute Gasteiger partial charge is 2.00 e. The molecule has 2 aromatic heterocycles. The third-order valence-electron chi connectivity index (χ3n) is 3.50. The summed E-state index contributed by atoms with van der Waals surface area (Å²) >= 11 is 3.61. The van der Waals surface area contributed by atoms with Gasteiger partial charge in [-0.2, -0.15) is 0 Å². The molecule has 138 valence electrons. The van der Waals surface area contributed by atoms with Gasteiger partial charge >= 0.3 is 17.1 Å². The topological polar surface area (TPSA) is 71.9 Å². The van der Waals surface area contributed by atoms with Gasteiger partial charge in [-0.25, -0.2) is 8.78 Å². The maximum Gasteiger partial charge on any atom is 2.00 e. The molecule has 0 spiro atoms. The van der Waals surface area contributed by atoms with Crippen LogP contribution in [0.3, 0.4) is 0 Å². The van der Waals surface area contributed by atoms with Gasteiger partial charge in [-0.15, -0.1) is 0 Å². The van der Waals surface area contributed by atoms with Crippen molar-refractivity contribution in [3.63, 3.8) is 0 Å². The number of aromatic nitrogens is 2. The van der Waals surface area contributed by atoms with Crippen LogP contribution in [0.1, 0.15) is 0 Å². The quantitative estimate of drug-likeness (QED) is 0.217. The molecule has 4 aromatic rings. The third-order valence-corrected chi connectivity index (χ3v) is 5.10. The first-order valence-electron chi connectivity index (χ1n) is 7.19. The van der Waals surface area contributed by atoms with E-state index in [9.17, 15) is 19.0 Å². The van der Waals surface area contributed by atoms with E-state index in [1.165, 1.54) is 24.5 Å². The Labute approximate surface area is 190 Å². The van der Waals surface area contributed by atoms with E-state index in [2.05, 4.69) is 9.97 Å². The molecule has 0 fully saturated rings. The van der Waals surface area contributed by atoms with Gasteiger partial charge in [-0.05, 0) is 81.6 Å². The first-order chi connectivity index (χ1) is 12.4. The zero-order chi connectivity index (χ0) is 18.8. The van der Waals surface area contributed by atoms with Gasteiger partial charge in [-0.1, -0.05) is 11.5 Å². The predicted molar refractivity (Wildman–Crippen MR) is 108 cm³/mol. The summed E-state index contributed by atoms with van der Waals surface area (Å²) in [5.41, 5.74) is 0.402. The van der Waals surface area contributed by atoms with Crippen LogP contribution in [0.4, 0.5) is 8.78 Å². The monoisotopic (exact) mass is 630 g/mol. The molecule has 4 nitrogen and oxygen atoms in total. The molecule has 4 rings (SSSR count). The molecule has 27 heavy (non-hydrogen) atoms. The molecule has 0 N–H and O–H groups in total. The number of nitrogens with zero attached hydrogens (tertiary/aromatic N) is 2. The fourth-order valence-corrected chi connectivity index (χ4v) is 3.35. The van der Waals surface area contributed by atoms with Crippen LogP contribution in [0.15, 0.2) is 48.8 Å². The number of hydrogen-bond acceptors (Lipinski definition) is 4. The van der Waals surface area contributed by atoms with Crippen molar-refractivity contribution in [2.75, 3.05) is 0 Å². The molecule has 0 bridgehead atoms. The minimum atomic E-state index is -0.396. The SMILES string of the molecule is [Fe+2].[O-]c1c(I)cc([18F])c2cccnc12.[O-]c1c(I)cc([18F])c2cccnc12. The number of benzene rings is 2. The number of pyridine rings is 2. The van der Waals surface area contributed by atoms with Crippen molar-refractivity contribution in [2.24, 2.45) is 0 Å². The second kappa shape index (κ2) is 9.26. The van der Waals surface area contributed by atoms with Gasteiger partial charge in [0.05, 0.1) is 11.0 Å². The summed E-state index contributed by atoms with van der Waals surface area (Å²) < 4.78 is 27.2. The number of halogens is 4. The van der Waals surface area contributed by atoms with Crippen molar-refractivity contribution in [1.82, 2.24) is 9.97 Å². The van der Waals surface area contributed by atoms with E-state index in [0.717, 1.165) is 0 Å². The summed E-state index contributed by atoms with van der Waals surface area (Å²) in [5.74, 6) is -1.21. The fraction of sp³-hybridized carbons (Fsp3) is 0. The van der Waals surface area contributed by atoms with Crippen molar-refractivity contribution < 1.29 is 36.1 Å². The van der Waals surface area contributed by atoms with E-state index in [1.807, 2.05) is 0 Å². The van der Waals surface area contributed by atoms with E-state index in [1.54, 1.807) is 69.4 Å². The van der Waals surface area contributed by atoms with Crippen molar-refractivity contribution >= 4 is 67.0 Å². The zero-order valence-electron chi connectivity index (χ0n) is 13.2. The number of hydrogen-bond donors (Lipinski definition) is 0. The summed E-state index contributed by atoms with van der Waals surface area (Å²) in [6.07, 6.45) is 2.97. The molecule has 0 saturated carbocycles. The average molecular weight is 630 g/mol. The molecule has 0 aliphatic heterocycles. The maximum atomic E-state index is 13.2. The summed E-state index contributed by atoms with van der Waals surface area (Å²) in [7, 11) is 0. The van der Waals surface area contributed by atoms with Crippen LogP contribution in [0, 0.1) is 18.8 Å². The minimum Gasteiger partial charge on any atom is -0.870 e. The molecule has 0 aliphatic carbocycles. The van der Waals surface area contributed by atoms with Gasteiger partial charge in [0.25, 0.3) is 0 Å². The van der Waals surface area contributed by atoms with Crippen LogP contribution in [0.2, 0.25) is 0 Å². The van der Waals surface area contributed by atoms with Gasteiger partial charge in [0.1, 0.15) is 11.6 Å². The van der Waals surface area contributed by atoms with Gasteiger partial charge in [0.15, 0.2) is 0 Å². The Bertz CT molecular complexity index is 1040. The van der Waals surface area contributed by atoms with Gasteiger partial charge in [-0.3, -0.25) is 9.97 Å². The Kier molecular flexibility index (Phi) is 7.55. The van der Waals surface area contributed by atoms with Gasteiger partial charge in [0, 0.05) is 30.3 Å². The molecule has 0 amide bonds. The van der Waals surface area contributed by atoms with Crippen molar-refractivity contribution in [1.29, 1.82) is 0 Å². The smallest absolute Gasteiger partial charge is 0.870 e. The molecule has 0 unspecified atom stereocenters. The van der Waals surface area contributed by atoms with Crippen molar-refractivity contribution in [2.45, 2.75) is 0 Å². The zero-order valence-corrected chi connectivity index (χ0v) is 18.6. The number of fused-ring (bicyclic) bond motifs is 2. The van der Waals surface area contributed by atoms with Crippen molar-refractivity contribution in [3.8, 4) is 11.5 Å². The van der Waals surface area contributed by atoms with Gasteiger partial charge in [0.2, 0.25) is 0 Å². The van der Waals surface area contributed by atoms with Crippen LogP contribution < -0.4 is 10.2 Å². The Balaban J connectivity index is 0.000000187. The Hall–Kier alpha value is -1.30. The molecular formula is C18H8F2FeI2N2O2. The second-order valence-corrected chi connectivity index (χ2v) is 7.46. The third kappa shape index (κ3) is 4.58. The van der Waals surface area contributed by atoms with Gasteiger partial charge < -0.3 is 10.2 Å². The maximum absolute atomic E-state index is 13.2. The summed E-state index contributed by atoms with van der Waals surface area (Å²) in [6, 6.07) is 8.78. The van der Waals surface area contributed by atoms with E-state index in [-0.39, 0.29) is 50.4 Å². The summed E-state index contributed by atoms with van der Waals surface area (Å²) in [4.78, 5) is 7.69. The number of rotatable bonds is 0. The second-order valence-electron chi connectivity index (χ2n) is 5.14. The van der Waals surface area contributed by atoms with E-state index < -0.39 is 11.6 Å². The average Bonchev–Trinajstić information content (AvgIpc) is 2.65. The molecular weight excluding hydrogens is 622 g/mol. The van der Waals surface area contributed by atoms with E-state index in [0.29, 0.717) is 7.14 Å². The fourth-order valence-electron chi connectivity index (χ4n) is 2.29. The van der Waals surface area contributed by atoms with E-state index >= 15 is 0 Å². The Morgan fingerprint density at radius 2 is 1.11 bits per heavy atom. The molecule has 9 heteroatoms. The standard InChI is InChI=1S/2C9H5FINO.Fe/c2*10-6-4-7(11)9(13)8-5(6)2-1-3-12-8;/h2*1-4,13H;/q;;+2/p-2/i2*10-1;. The first kappa shape index (κ1) is 22.0. The molecule has 0 saturated heterocycles. The van der Waals surface area contributed by atoms with Crippen LogP contribution in [-0.4, -0.2) is 9.97 Å². The molecule has 0 radical (unpaired) electrons. The van der Waals surface area contributed by atoms with Crippen LogP contribution >= 0.6 is 45.2 Å². The molecule has 0 aliphatic rings. The van der Waals surface area contributed by atoms with Crippen molar-refractivity contribution in [3.05, 3.63) is 67.6 Å². The summed E-state index contributed by atoms with van der Waals surface area (Å²) in [6.45, 7) is 0. The Morgan fingerprint density at radius 3 is 1.48 bits per heavy atom. The molecule has 2 aromatic carbocycles. The van der Waals surface area contributed by atoms with E-state index in [4.69, 9.17) is 0 Å². The van der Waals surface area contributed by atoms with Crippen LogP contribution in [-0.2, 0) is 17.1 Å².